The van der Waals surface area contributed by atoms with Gasteiger partial charge in [0.15, 0.2) is 17.5 Å². The zero-order chi connectivity index (χ0) is 31.8. The van der Waals surface area contributed by atoms with Crippen molar-refractivity contribution in [2.45, 2.75) is 44.3 Å². The minimum absolute atomic E-state index is 0. The summed E-state index contributed by atoms with van der Waals surface area (Å²) in [6, 6.07) is 7.03. The summed E-state index contributed by atoms with van der Waals surface area (Å²) in [5.74, 6) is -5.00. The molecule has 1 aliphatic rings. The minimum Gasteiger partial charge on any atom is -0.497 e. The number of rotatable bonds is 9. The van der Waals surface area contributed by atoms with Crippen molar-refractivity contribution < 1.29 is 30.7 Å². The molecule has 2 atom stereocenters. The van der Waals surface area contributed by atoms with Crippen LogP contribution in [0.25, 0.3) is 22.2 Å². The van der Waals surface area contributed by atoms with Crippen LogP contribution >= 0.6 is 12.4 Å². The summed E-state index contributed by atoms with van der Waals surface area (Å²) < 4.78 is 93.3. The highest BCUT2D eigenvalue weighted by atomic mass is 35.5. The molecule has 0 amide bonds. The number of hydrogen-bond acceptors (Lipinski definition) is 8. The maximum absolute atomic E-state index is 15.5. The summed E-state index contributed by atoms with van der Waals surface area (Å²) in [5, 5.41) is 6.28. The van der Waals surface area contributed by atoms with E-state index < -0.39 is 62.3 Å². The van der Waals surface area contributed by atoms with E-state index in [-0.39, 0.29) is 59.5 Å². The maximum Gasteiger partial charge on any atom is 0.260 e. The lowest BCUT2D eigenvalue weighted by molar-refractivity contribution is 0.254. The molecule has 16 heteroatoms. The van der Waals surface area contributed by atoms with E-state index in [9.17, 15) is 17.6 Å². The van der Waals surface area contributed by atoms with Crippen molar-refractivity contribution in [1.29, 1.82) is 0 Å². The highest BCUT2D eigenvalue weighted by Crippen LogP contribution is 2.32. The lowest BCUT2D eigenvalue weighted by atomic mass is 10.0. The van der Waals surface area contributed by atoms with Crippen molar-refractivity contribution >= 4 is 45.1 Å². The molecule has 0 bridgehead atoms. The van der Waals surface area contributed by atoms with Crippen molar-refractivity contribution in [2.75, 3.05) is 30.2 Å². The lowest BCUT2D eigenvalue weighted by Gasteiger charge is -2.26. The van der Waals surface area contributed by atoms with Crippen LogP contribution in [-0.4, -0.2) is 55.4 Å². The Morgan fingerprint density at radius 3 is 2.56 bits per heavy atom. The molecule has 2 aromatic carbocycles. The Morgan fingerprint density at radius 1 is 1.11 bits per heavy atom. The Kier molecular flexibility index (Phi) is 10.2. The Balaban J connectivity index is 0.00000461. The summed E-state index contributed by atoms with van der Waals surface area (Å²) in [7, 11) is -2.99. The summed E-state index contributed by atoms with van der Waals surface area (Å²) in [6.45, 7) is 4.09. The topological polar surface area (TPSA) is 127 Å². The molecule has 242 valence electrons. The Bertz CT molecular complexity index is 1890. The maximum atomic E-state index is 15.5. The first kappa shape index (κ1) is 33.9. The van der Waals surface area contributed by atoms with Gasteiger partial charge in [-0.1, -0.05) is 12.1 Å². The van der Waals surface area contributed by atoms with Crippen LogP contribution in [0, 0.1) is 17.5 Å². The molecule has 3 N–H and O–H groups in total. The molecule has 2 aromatic heterocycles. The van der Waals surface area contributed by atoms with Gasteiger partial charge < -0.3 is 15.4 Å². The average Bonchev–Trinajstić information content (AvgIpc) is 2.96. The van der Waals surface area contributed by atoms with Crippen molar-refractivity contribution in [3.8, 4) is 16.9 Å². The van der Waals surface area contributed by atoms with Gasteiger partial charge in [-0.2, -0.15) is 4.98 Å². The number of alkyl halides is 1. The minimum atomic E-state index is -4.39. The second-order valence-corrected chi connectivity index (χ2v) is 12.5. The van der Waals surface area contributed by atoms with Crippen LogP contribution in [0.3, 0.4) is 0 Å². The van der Waals surface area contributed by atoms with E-state index in [1.807, 2.05) is 0 Å². The van der Waals surface area contributed by atoms with Crippen molar-refractivity contribution in [2.24, 2.45) is 0 Å². The van der Waals surface area contributed by atoms with Crippen LogP contribution in [0.4, 0.5) is 29.2 Å². The van der Waals surface area contributed by atoms with Crippen molar-refractivity contribution in [3.05, 3.63) is 76.0 Å². The molecule has 4 aromatic rings. The molecule has 0 spiro atoms. The van der Waals surface area contributed by atoms with E-state index in [1.54, 1.807) is 30.7 Å². The van der Waals surface area contributed by atoms with Crippen LogP contribution in [0.5, 0.6) is 5.75 Å². The number of piperidine rings is 1. The third kappa shape index (κ3) is 7.31. The molecular formula is C29H31ClF4N6O4S. The summed E-state index contributed by atoms with van der Waals surface area (Å²) in [4.78, 5) is 22.3. The second-order valence-electron chi connectivity index (χ2n) is 10.8. The number of ether oxygens (including phenoxy) is 1. The molecule has 3 heterocycles. The van der Waals surface area contributed by atoms with Gasteiger partial charge in [0.05, 0.1) is 18.4 Å². The third-order valence-corrected chi connectivity index (χ3v) is 8.35. The third-order valence-electron chi connectivity index (χ3n) is 7.12. The van der Waals surface area contributed by atoms with Crippen LogP contribution in [-0.2, 0) is 15.8 Å². The zero-order valence-electron chi connectivity index (χ0n) is 24.4. The predicted octanol–water partition coefficient (Wildman–Crippen LogP) is 4.94. The summed E-state index contributed by atoms with van der Waals surface area (Å²) in [5.41, 5.74) is -2.65. The molecule has 0 radical (unpaired) electrons. The van der Waals surface area contributed by atoms with E-state index >= 15 is 13.2 Å². The molecule has 0 saturated carbocycles. The van der Waals surface area contributed by atoms with Gasteiger partial charge in [-0.3, -0.25) is 14.1 Å². The number of pyridine rings is 1. The first-order valence-corrected chi connectivity index (χ1v) is 15.4. The number of hydrogen-bond donors (Lipinski definition) is 3. The Hall–Kier alpha value is -3.95. The van der Waals surface area contributed by atoms with Gasteiger partial charge >= 0.3 is 0 Å². The molecular weight excluding hydrogens is 640 g/mol. The van der Waals surface area contributed by atoms with Gasteiger partial charge in [-0.25, -0.2) is 31.0 Å². The molecule has 0 aliphatic carbocycles. The SMILES string of the molecule is COc1cccc(CS(=O)(=O)Nc2c(F)cc(-c3cc4cnc(N[C@@H]5CNC[C@@H](F)C5)nc4n(C(C)C)c3=O)c(F)c2F)c1.Cl. The molecule has 0 unspecified atom stereocenters. The zero-order valence-corrected chi connectivity index (χ0v) is 26.0. The molecule has 5 rings (SSSR count). The monoisotopic (exact) mass is 670 g/mol. The first-order valence-electron chi connectivity index (χ1n) is 13.7. The van der Waals surface area contributed by atoms with E-state index in [2.05, 4.69) is 20.6 Å². The number of benzene rings is 2. The smallest absolute Gasteiger partial charge is 0.260 e. The number of methoxy groups -OCH3 is 1. The molecule has 1 fully saturated rings. The number of aromatic nitrogens is 3. The lowest BCUT2D eigenvalue weighted by Crippen LogP contribution is -2.44. The average molecular weight is 671 g/mol. The molecule has 10 nitrogen and oxygen atoms in total. The van der Waals surface area contributed by atoms with Gasteiger partial charge in [0.2, 0.25) is 16.0 Å². The number of fused-ring (bicyclic) bond motifs is 1. The van der Waals surface area contributed by atoms with Crippen molar-refractivity contribution in [3.63, 3.8) is 0 Å². The molecule has 1 saturated heterocycles. The van der Waals surface area contributed by atoms with Gasteiger partial charge in [-0.05, 0) is 43.7 Å². The second kappa shape index (κ2) is 13.6. The van der Waals surface area contributed by atoms with Crippen LogP contribution in [0.1, 0.15) is 31.9 Å². The fourth-order valence-corrected chi connectivity index (χ4v) is 6.29. The number of nitrogens with one attached hydrogen (secondary N) is 3. The number of nitrogens with zero attached hydrogens (tertiary/aromatic N) is 3. The van der Waals surface area contributed by atoms with E-state index in [1.165, 1.54) is 36.1 Å². The first-order chi connectivity index (χ1) is 20.9. The summed E-state index contributed by atoms with van der Waals surface area (Å²) in [6.07, 6.45) is 0.568. The molecule has 1 aliphatic heterocycles. The van der Waals surface area contributed by atoms with Gasteiger partial charge in [0.1, 0.15) is 23.3 Å². The standard InChI is InChI=1S/C29H30F4N6O4S.ClH/c1-15(2)39-27-17(11-35-29(37-27)36-19-9-18(30)12-34-13-19)8-22(28(39)40)21-10-23(31)26(25(33)24(21)32)38-44(41,42)14-16-5-4-6-20(7-16)43-3;/h4-8,10-11,15,18-19,34,38H,9,12-14H2,1-3H3,(H,35,36,37);1H/t18-,19-;/m0./s1. The van der Waals surface area contributed by atoms with Gasteiger partial charge in [-0.15, -0.1) is 12.4 Å². The van der Waals surface area contributed by atoms with Crippen LogP contribution < -0.4 is 25.7 Å². The quantitative estimate of drug-likeness (QED) is 0.169. The Morgan fingerprint density at radius 2 is 1.87 bits per heavy atom. The number of sulfonamides is 1. The number of anilines is 2. The summed E-state index contributed by atoms with van der Waals surface area (Å²) >= 11 is 0. The number of halogens is 5. The fourth-order valence-electron chi connectivity index (χ4n) is 5.10. The van der Waals surface area contributed by atoms with E-state index in [4.69, 9.17) is 4.74 Å². The van der Waals surface area contributed by atoms with Crippen LogP contribution in [0.15, 0.2) is 47.4 Å². The molecule has 45 heavy (non-hydrogen) atoms. The highest BCUT2D eigenvalue weighted by molar-refractivity contribution is 7.91. The van der Waals surface area contributed by atoms with Gasteiger partial charge in [0, 0.05) is 48.7 Å². The van der Waals surface area contributed by atoms with Gasteiger partial charge in [0.25, 0.3) is 5.56 Å². The Labute approximate surface area is 262 Å². The van der Waals surface area contributed by atoms with Crippen molar-refractivity contribution in [1.82, 2.24) is 19.9 Å². The normalized spacial score (nSPS) is 16.8. The van der Waals surface area contributed by atoms with E-state index in [0.29, 0.717) is 18.4 Å². The fraction of sp³-hybridized carbons (Fsp3) is 0.345. The largest absolute Gasteiger partial charge is 0.497 e. The van der Waals surface area contributed by atoms with E-state index in [0.717, 1.165) is 0 Å². The van der Waals surface area contributed by atoms with Crippen LogP contribution in [0.2, 0.25) is 0 Å². The highest BCUT2D eigenvalue weighted by Gasteiger charge is 2.27. The predicted molar refractivity (Wildman–Crippen MR) is 166 cm³/mol.